The molecule has 10 heteroatoms. The second-order valence-electron chi connectivity index (χ2n) is 16.5. The summed E-state index contributed by atoms with van der Waals surface area (Å²) >= 11 is 0. The molecule has 3 atom stereocenters. The maximum absolute atomic E-state index is 12.6. The number of fused-ring (bicyclic) bond motifs is 3. The lowest BCUT2D eigenvalue weighted by Gasteiger charge is -2.35. The third kappa shape index (κ3) is 13.9. The average Bonchev–Trinajstić information content (AvgIpc) is 3.29. The van der Waals surface area contributed by atoms with E-state index in [-0.39, 0.29) is 36.6 Å². The summed E-state index contributed by atoms with van der Waals surface area (Å²) in [4.78, 5) is 19.2. The van der Waals surface area contributed by atoms with Crippen LogP contribution < -0.4 is 16.4 Å². The molecule has 2 heterocycles. The highest BCUT2D eigenvalue weighted by atomic mass is 35.5. The number of carbonyl (C=O) groups excluding carboxylic acids is 1. The van der Waals surface area contributed by atoms with E-state index in [9.17, 15) is 4.79 Å². The summed E-state index contributed by atoms with van der Waals surface area (Å²) in [5.41, 5.74) is 9.32. The minimum absolute atomic E-state index is 0. The van der Waals surface area contributed by atoms with Crippen LogP contribution in [0.25, 0.3) is 32.3 Å². The second kappa shape index (κ2) is 25.0. The number of benzene rings is 6. The number of nitrogens with zero attached hydrogens (tertiary/aromatic N) is 4. The SMILES string of the molecule is CNC1CCN(C)CC1.C[C@@H](NC(=O)N(C)C1CCN(C)CC1)c1cccc2ccccc12.C[C@H](N)c1cccc2ccccc12.C[C@H](OC#N)c1cccc2ccccc12.Cl. The molecule has 9 nitrogen and oxygen atoms in total. The Morgan fingerprint density at radius 3 is 1.55 bits per heavy atom. The molecule has 2 fully saturated rings. The van der Waals surface area contributed by atoms with Gasteiger partial charge in [0.05, 0.1) is 6.04 Å². The molecule has 0 aliphatic carbocycles. The number of likely N-dealkylation sites (tertiary alicyclic amines) is 2. The van der Waals surface area contributed by atoms with E-state index in [1.54, 1.807) is 6.26 Å². The lowest BCUT2D eigenvalue weighted by molar-refractivity contribution is 0.146. The number of nitrogens with one attached hydrogen (secondary N) is 2. The first-order chi connectivity index (χ1) is 29.5. The number of nitrogens with two attached hydrogens (primary N) is 1. The molecule has 2 aliphatic heterocycles. The van der Waals surface area contributed by atoms with Crippen LogP contribution in [0.2, 0.25) is 0 Å². The van der Waals surface area contributed by atoms with Crippen molar-refractivity contribution < 1.29 is 9.53 Å². The van der Waals surface area contributed by atoms with Gasteiger partial charge in [0.15, 0.2) is 0 Å². The highest BCUT2D eigenvalue weighted by molar-refractivity contribution is 5.88. The zero-order valence-corrected chi connectivity index (χ0v) is 38.6. The first-order valence-electron chi connectivity index (χ1n) is 21.8. The summed E-state index contributed by atoms with van der Waals surface area (Å²) in [6.07, 6.45) is 6.25. The third-order valence-electron chi connectivity index (χ3n) is 12.1. The summed E-state index contributed by atoms with van der Waals surface area (Å²) in [6, 6.07) is 44.5. The number of ether oxygens (including phenoxy) is 1. The van der Waals surface area contributed by atoms with Crippen molar-refractivity contribution >= 4 is 50.8 Å². The van der Waals surface area contributed by atoms with Gasteiger partial charge >= 0.3 is 6.03 Å². The van der Waals surface area contributed by atoms with Crippen molar-refractivity contribution in [2.75, 3.05) is 54.4 Å². The van der Waals surface area contributed by atoms with Gasteiger partial charge in [0.1, 0.15) is 6.10 Å². The van der Waals surface area contributed by atoms with Crippen LogP contribution in [-0.4, -0.2) is 87.2 Å². The molecule has 2 aliphatic rings. The van der Waals surface area contributed by atoms with Gasteiger partial charge in [-0.05, 0) is 137 Å². The Morgan fingerprint density at radius 1 is 0.677 bits per heavy atom. The van der Waals surface area contributed by atoms with Crippen molar-refractivity contribution in [3.8, 4) is 6.26 Å². The molecule has 0 spiro atoms. The number of rotatable bonds is 7. The Balaban J connectivity index is 0.000000192. The summed E-state index contributed by atoms with van der Waals surface area (Å²) in [7, 11) is 8.29. The average molecular weight is 859 g/mol. The van der Waals surface area contributed by atoms with Crippen molar-refractivity contribution in [3.05, 3.63) is 144 Å². The van der Waals surface area contributed by atoms with E-state index in [0.29, 0.717) is 6.04 Å². The van der Waals surface area contributed by atoms with Crippen molar-refractivity contribution in [3.63, 3.8) is 0 Å². The van der Waals surface area contributed by atoms with Crippen LogP contribution in [0.1, 0.15) is 81.3 Å². The van der Waals surface area contributed by atoms with Gasteiger partial charge in [-0.3, -0.25) is 0 Å². The molecular weight excluding hydrogens is 790 g/mol. The smallest absolute Gasteiger partial charge is 0.317 e. The normalized spacial score (nSPS) is 16.0. The minimum Gasteiger partial charge on any atom is -0.420 e. The van der Waals surface area contributed by atoms with Gasteiger partial charge < -0.3 is 35.8 Å². The second-order valence-corrected chi connectivity index (χ2v) is 16.5. The number of urea groups is 1. The monoisotopic (exact) mass is 858 g/mol. The Hall–Kier alpha value is -5.21. The lowest BCUT2D eigenvalue weighted by atomic mass is 10.00. The van der Waals surface area contributed by atoms with E-state index < -0.39 is 0 Å². The van der Waals surface area contributed by atoms with Gasteiger partial charge in [-0.2, -0.15) is 5.26 Å². The summed E-state index contributed by atoms with van der Waals surface area (Å²) in [5, 5.41) is 22.2. The molecule has 4 N–H and O–H groups in total. The van der Waals surface area contributed by atoms with Crippen molar-refractivity contribution in [2.24, 2.45) is 5.73 Å². The van der Waals surface area contributed by atoms with Gasteiger partial charge in [-0.25, -0.2) is 4.79 Å². The molecule has 0 saturated carbocycles. The molecule has 2 amide bonds. The highest BCUT2D eigenvalue weighted by Crippen LogP contribution is 2.27. The molecule has 330 valence electrons. The van der Waals surface area contributed by atoms with Crippen LogP contribution in [-0.2, 0) is 4.74 Å². The Kier molecular flexibility index (Phi) is 20.0. The molecule has 8 rings (SSSR count). The van der Waals surface area contributed by atoms with E-state index in [1.807, 2.05) is 80.4 Å². The molecule has 6 aromatic carbocycles. The van der Waals surface area contributed by atoms with E-state index in [4.69, 9.17) is 15.7 Å². The maximum Gasteiger partial charge on any atom is 0.317 e. The molecule has 2 saturated heterocycles. The van der Waals surface area contributed by atoms with Crippen LogP contribution in [0.3, 0.4) is 0 Å². The Labute approximate surface area is 376 Å². The van der Waals surface area contributed by atoms with Crippen LogP contribution >= 0.6 is 12.4 Å². The fourth-order valence-corrected chi connectivity index (χ4v) is 8.23. The van der Waals surface area contributed by atoms with E-state index >= 15 is 0 Å². The van der Waals surface area contributed by atoms with Crippen LogP contribution in [0, 0.1) is 11.5 Å². The number of amides is 2. The first kappa shape index (κ1) is 49.4. The minimum atomic E-state index is -0.193. The molecule has 0 bridgehead atoms. The summed E-state index contributed by atoms with van der Waals surface area (Å²) in [5.74, 6) is 0. The fraction of sp³-hybridized carbons (Fsp3) is 0.385. The van der Waals surface area contributed by atoms with Gasteiger partial charge in [-0.1, -0.05) is 127 Å². The van der Waals surface area contributed by atoms with Gasteiger partial charge in [0.2, 0.25) is 0 Å². The predicted octanol–water partition coefficient (Wildman–Crippen LogP) is 10.6. The van der Waals surface area contributed by atoms with E-state index in [1.165, 1.54) is 64.0 Å². The molecule has 6 aromatic rings. The molecule has 62 heavy (non-hydrogen) atoms. The van der Waals surface area contributed by atoms with E-state index in [0.717, 1.165) is 42.9 Å². The number of hydrogen-bond acceptors (Lipinski definition) is 7. The number of nitriles is 1. The zero-order chi connectivity index (χ0) is 43.7. The standard InChI is InChI=1S/C20H27N3O.C13H11NO.C12H13N.C7H16N2.ClH/c1-15(18-10-6-8-16-7-4-5-9-19(16)18)21-20(24)23(3)17-11-13-22(2)14-12-17;1-10(15-9-14)12-8-4-6-11-5-2-3-7-13(11)12;1-9(13)11-8-4-6-10-5-2-3-7-12(10)11;1-8-7-3-5-9(2)6-4-7;/h4-10,15,17H,11-14H2,1-3H3,(H,21,24);2-8,10H,1H3;2-9H,13H2,1H3;7-8H,3-6H2,1-2H3;1H/t15-;10-;9-;;/m100../s1. The Bertz CT molecular complexity index is 2300. The topological polar surface area (TPSA) is 110 Å². The van der Waals surface area contributed by atoms with Crippen LogP contribution in [0.5, 0.6) is 0 Å². The molecule has 0 radical (unpaired) electrons. The van der Waals surface area contributed by atoms with Crippen molar-refractivity contribution in [1.82, 2.24) is 25.3 Å². The molecule has 0 aromatic heterocycles. The quantitative estimate of drug-likeness (QED) is 0.137. The predicted molar refractivity (Wildman–Crippen MR) is 262 cm³/mol. The van der Waals surface area contributed by atoms with Gasteiger partial charge in [-0.15, -0.1) is 12.4 Å². The van der Waals surface area contributed by atoms with Crippen LogP contribution in [0.4, 0.5) is 4.79 Å². The highest BCUT2D eigenvalue weighted by Gasteiger charge is 2.25. The van der Waals surface area contributed by atoms with Gasteiger partial charge in [0.25, 0.3) is 6.26 Å². The van der Waals surface area contributed by atoms with E-state index in [2.05, 4.69) is 121 Å². The number of carbonyl (C=O) groups is 1. The summed E-state index contributed by atoms with van der Waals surface area (Å²) in [6.45, 7) is 10.6. The number of hydrogen-bond donors (Lipinski definition) is 3. The lowest BCUT2D eigenvalue weighted by Crippen LogP contribution is -2.48. The number of piperidine rings is 2. The third-order valence-corrected chi connectivity index (χ3v) is 12.1. The number of halogens is 1. The van der Waals surface area contributed by atoms with Crippen molar-refractivity contribution in [2.45, 2.75) is 76.7 Å². The largest absolute Gasteiger partial charge is 0.420 e. The Morgan fingerprint density at radius 2 is 1.08 bits per heavy atom. The molecular formula is C52H68ClN7O2. The first-order valence-corrected chi connectivity index (χ1v) is 21.8. The van der Waals surface area contributed by atoms with Crippen LogP contribution in [0.15, 0.2) is 127 Å². The molecule has 0 unspecified atom stereocenters. The van der Waals surface area contributed by atoms with Gasteiger partial charge in [0, 0.05) is 30.7 Å². The zero-order valence-electron chi connectivity index (χ0n) is 37.8. The maximum atomic E-state index is 12.6. The van der Waals surface area contributed by atoms with Crippen molar-refractivity contribution in [1.29, 1.82) is 5.26 Å². The fourth-order valence-electron chi connectivity index (χ4n) is 8.23. The summed E-state index contributed by atoms with van der Waals surface area (Å²) < 4.78 is 4.94.